The van der Waals surface area contributed by atoms with Crippen LogP contribution in [0, 0.1) is 5.82 Å². The highest BCUT2D eigenvalue weighted by Gasteiger charge is 2.39. The average molecular weight is 480 g/mol. The summed E-state index contributed by atoms with van der Waals surface area (Å²) < 4.78 is 13.5. The Hall–Kier alpha value is -3.17. The Morgan fingerprint density at radius 2 is 2.00 bits per heavy atom. The molecule has 176 valence electrons. The fourth-order valence-electron chi connectivity index (χ4n) is 4.78. The van der Waals surface area contributed by atoms with Gasteiger partial charge < -0.3 is 15.5 Å². The molecule has 2 fully saturated rings. The van der Waals surface area contributed by atoms with E-state index in [1.54, 1.807) is 23.2 Å². The molecule has 0 radical (unpaired) electrons. The first-order valence-corrected chi connectivity index (χ1v) is 12.3. The standard InChI is InChI=1S/C25H26FN5O2S/c26-19-4-1-3-18(15-19)24(33)31-13-8-17(9-14-31)20-6-7-21(34-20)23(32)29-25(10-12-27-16-25)22-5-2-11-28-30-22/h1-7,11,15,17,27H,8-10,12-14,16H2,(H,29,32)/t25-/m0/s1. The van der Waals surface area contributed by atoms with Crippen molar-refractivity contribution in [2.45, 2.75) is 30.7 Å². The maximum absolute atomic E-state index is 13.5. The Morgan fingerprint density at radius 1 is 1.15 bits per heavy atom. The molecule has 2 amide bonds. The number of aromatic nitrogens is 2. The molecule has 7 nitrogen and oxygen atoms in total. The topological polar surface area (TPSA) is 87.2 Å². The van der Waals surface area contributed by atoms with Crippen LogP contribution >= 0.6 is 11.3 Å². The van der Waals surface area contributed by atoms with E-state index in [1.807, 2.05) is 24.3 Å². The second-order valence-corrected chi connectivity index (χ2v) is 9.97. The second kappa shape index (κ2) is 9.60. The molecule has 3 aromatic rings. The molecule has 0 aliphatic carbocycles. The lowest BCUT2D eigenvalue weighted by molar-refractivity contribution is 0.0713. The van der Waals surface area contributed by atoms with Gasteiger partial charge in [-0.15, -0.1) is 11.3 Å². The number of piperidine rings is 1. The third-order valence-corrected chi connectivity index (χ3v) is 7.92. The van der Waals surface area contributed by atoms with Crippen LogP contribution in [0.15, 0.2) is 54.7 Å². The Morgan fingerprint density at radius 3 is 2.71 bits per heavy atom. The molecule has 2 aromatic heterocycles. The summed E-state index contributed by atoms with van der Waals surface area (Å²) in [6.07, 6.45) is 4.02. The lowest BCUT2D eigenvalue weighted by Crippen LogP contribution is -2.48. The Kier molecular flexibility index (Phi) is 6.38. The molecule has 0 saturated carbocycles. The van der Waals surface area contributed by atoms with E-state index in [1.165, 1.54) is 23.5 Å². The Bertz CT molecular complexity index is 1170. The number of likely N-dealkylation sites (tertiary alicyclic amines) is 1. The van der Waals surface area contributed by atoms with Gasteiger partial charge in [0.25, 0.3) is 11.8 Å². The normalized spacial score (nSPS) is 20.9. The minimum absolute atomic E-state index is 0.107. The third kappa shape index (κ3) is 4.58. The molecule has 5 rings (SSSR count). The van der Waals surface area contributed by atoms with Crippen molar-refractivity contribution in [2.75, 3.05) is 26.2 Å². The number of hydrogen-bond donors (Lipinski definition) is 2. The minimum Gasteiger partial charge on any atom is -0.339 e. The molecule has 34 heavy (non-hydrogen) atoms. The molecule has 1 aromatic carbocycles. The summed E-state index contributed by atoms with van der Waals surface area (Å²) in [6, 6.07) is 13.5. The van der Waals surface area contributed by atoms with Gasteiger partial charge in [-0.05, 0) is 74.2 Å². The summed E-state index contributed by atoms with van der Waals surface area (Å²) in [5.74, 6) is -0.349. The molecule has 0 bridgehead atoms. The predicted molar refractivity (Wildman–Crippen MR) is 127 cm³/mol. The highest BCUT2D eigenvalue weighted by atomic mass is 32.1. The van der Waals surface area contributed by atoms with Gasteiger partial charge in [0.2, 0.25) is 0 Å². The van der Waals surface area contributed by atoms with Crippen molar-refractivity contribution < 1.29 is 14.0 Å². The van der Waals surface area contributed by atoms with Gasteiger partial charge in [-0.1, -0.05) is 6.07 Å². The zero-order valence-corrected chi connectivity index (χ0v) is 19.5. The number of halogens is 1. The Balaban J connectivity index is 1.22. The SMILES string of the molecule is O=C(N[C@@]1(c2cccnn2)CCNC1)c1ccc(C2CCN(C(=O)c3cccc(F)c3)CC2)s1. The lowest BCUT2D eigenvalue weighted by Gasteiger charge is -2.31. The maximum Gasteiger partial charge on any atom is 0.262 e. The number of amides is 2. The smallest absolute Gasteiger partial charge is 0.262 e. The number of benzene rings is 1. The summed E-state index contributed by atoms with van der Waals surface area (Å²) in [6.45, 7) is 2.65. The fourth-order valence-corrected chi connectivity index (χ4v) is 5.85. The number of nitrogens with zero attached hydrogens (tertiary/aromatic N) is 3. The molecule has 1 atom stereocenters. The Labute approximate surface area is 201 Å². The van der Waals surface area contributed by atoms with E-state index in [0.29, 0.717) is 36.0 Å². The van der Waals surface area contributed by atoms with Gasteiger partial charge >= 0.3 is 0 Å². The van der Waals surface area contributed by atoms with Crippen LogP contribution in [0.1, 0.15) is 55.8 Å². The van der Waals surface area contributed by atoms with Crippen LogP contribution in [0.4, 0.5) is 4.39 Å². The summed E-state index contributed by atoms with van der Waals surface area (Å²) in [5.41, 5.74) is 0.588. The van der Waals surface area contributed by atoms with E-state index in [9.17, 15) is 14.0 Å². The molecular weight excluding hydrogens is 453 g/mol. The number of thiophene rings is 1. The monoisotopic (exact) mass is 479 g/mol. The molecule has 2 aliphatic heterocycles. The minimum atomic E-state index is -0.557. The van der Waals surface area contributed by atoms with E-state index in [2.05, 4.69) is 20.8 Å². The molecule has 2 saturated heterocycles. The van der Waals surface area contributed by atoms with Gasteiger partial charge in [-0.3, -0.25) is 9.59 Å². The van der Waals surface area contributed by atoms with Crippen LogP contribution in [-0.2, 0) is 5.54 Å². The first kappa shape index (κ1) is 22.6. The van der Waals surface area contributed by atoms with Crippen molar-refractivity contribution >= 4 is 23.2 Å². The highest BCUT2D eigenvalue weighted by Crippen LogP contribution is 2.34. The fraction of sp³-hybridized carbons (Fsp3) is 0.360. The molecule has 2 aliphatic rings. The van der Waals surface area contributed by atoms with Gasteiger partial charge in [0.05, 0.1) is 16.1 Å². The maximum atomic E-state index is 13.5. The largest absolute Gasteiger partial charge is 0.339 e. The van der Waals surface area contributed by atoms with Crippen molar-refractivity contribution in [3.63, 3.8) is 0 Å². The van der Waals surface area contributed by atoms with E-state index >= 15 is 0 Å². The molecule has 2 N–H and O–H groups in total. The number of hydrogen-bond acceptors (Lipinski definition) is 6. The summed E-state index contributed by atoms with van der Waals surface area (Å²) in [7, 11) is 0. The first-order chi connectivity index (χ1) is 16.5. The quantitative estimate of drug-likeness (QED) is 0.586. The predicted octanol–water partition coefficient (Wildman–Crippen LogP) is 3.32. The summed E-state index contributed by atoms with van der Waals surface area (Å²) in [4.78, 5) is 29.4. The zero-order valence-electron chi connectivity index (χ0n) is 18.7. The zero-order chi connectivity index (χ0) is 23.5. The van der Waals surface area contributed by atoms with Crippen LogP contribution in [0.3, 0.4) is 0 Å². The molecule has 9 heteroatoms. The van der Waals surface area contributed by atoms with E-state index in [0.717, 1.165) is 36.4 Å². The molecule has 0 unspecified atom stereocenters. The molecule has 4 heterocycles. The van der Waals surface area contributed by atoms with Crippen molar-refractivity contribution in [3.8, 4) is 0 Å². The summed E-state index contributed by atoms with van der Waals surface area (Å²) >= 11 is 1.51. The van der Waals surface area contributed by atoms with E-state index in [4.69, 9.17) is 0 Å². The second-order valence-electron chi connectivity index (χ2n) is 8.85. The van der Waals surface area contributed by atoms with Gasteiger partial charge in [0.15, 0.2) is 0 Å². The van der Waals surface area contributed by atoms with Crippen molar-refractivity contribution in [2.24, 2.45) is 0 Å². The van der Waals surface area contributed by atoms with Crippen LogP contribution < -0.4 is 10.6 Å². The number of nitrogens with one attached hydrogen (secondary N) is 2. The number of rotatable bonds is 5. The van der Waals surface area contributed by atoms with Crippen LogP contribution in [0.25, 0.3) is 0 Å². The van der Waals surface area contributed by atoms with Crippen LogP contribution in [-0.4, -0.2) is 53.1 Å². The van der Waals surface area contributed by atoms with E-state index in [-0.39, 0.29) is 11.8 Å². The van der Waals surface area contributed by atoms with Crippen molar-refractivity contribution in [3.05, 3.63) is 81.6 Å². The average Bonchev–Trinajstić information content (AvgIpc) is 3.55. The van der Waals surface area contributed by atoms with Crippen molar-refractivity contribution in [1.29, 1.82) is 0 Å². The number of carbonyl (C=O) groups is 2. The summed E-state index contributed by atoms with van der Waals surface area (Å²) in [5, 5.41) is 14.8. The van der Waals surface area contributed by atoms with Crippen LogP contribution in [0.5, 0.6) is 0 Å². The van der Waals surface area contributed by atoms with Gasteiger partial charge in [-0.2, -0.15) is 10.2 Å². The van der Waals surface area contributed by atoms with Crippen molar-refractivity contribution in [1.82, 2.24) is 25.7 Å². The van der Waals surface area contributed by atoms with Gasteiger partial charge in [0.1, 0.15) is 5.82 Å². The first-order valence-electron chi connectivity index (χ1n) is 11.5. The van der Waals surface area contributed by atoms with Gasteiger partial charge in [0, 0.05) is 36.3 Å². The van der Waals surface area contributed by atoms with Crippen LogP contribution in [0.2, 0.25) is 0 Å². The molecule has 0 spiro atoms. The lowest BCUT2D eigenvalue weighted by atomic mass is 9.93. The van der Waals surface area contributed by atoms with E-state index < -0.39 is 11.4 Å². The van der Waals surface area contributed by atoms with Gasteiger partial charge in [-0.25, -0.2) is 4.39 Å². The number of carbonyl (C=O) groups excluding carboxylic acids is 2. The third-order valence-electron chi connectivity index (χ3n) is 6.68. The molecular formula is C25H26FN5O2S. The highest BCUT2D eigenvalue weighted by molar-refractivity contribution is 7.14.